The van der Waals surface area contributed by atoms with E-state index in [2.05, 4.69) is 12.2 Å². The summed E-state index contributed by atoms with van der Waals surface area (Å²) in [7, 11) is 0. The summed E-state index contributed by atoms with van der Waals surface area (Å²) in [6.07, 6.45) is 6.07. The van der Waals surface area contributed by atoms with E-state index >= 15 is 0 Å². The van der Waals surface area contributed by atoms with Gasteiger partial charge in [-0.1, -0.05) is 13.3 Å². The maximum absolute atomic E-state index is 11.9. The fourth-order valence-corrected chi connectivity index (χ4v) is 2.35. The third-order valence-corrected chi connectivity index (χ3v) is 3.85. The molecular weight excluding hydrogens is 282 g/mol. The van der Waals surface area contributed by atoms with E-state index in [9.17, 15) is 9.59 Å². The van der Waals surface area contributed by atoms with Crippen LogP contribution in [0.25, 0.3) is 0 Å². The third-order valence-electron chi connectivity index (χ3n) is 3.85. The van der Waals surface area contributed by atoms with Crippen molar-refractivity contribution in [2.24, 2.45) is 5.92 Å². The highest BCUT2D eigenvalue weighted by Gasteiger charge is 2.16. The highest BCUT2D eigenvalue weighted by molar-refractivity contribution is 5.97. The van der Waals surface area contributed by atoms with Crippen LogP contribution in [-0.4, -0.2) is 41.5 Å². The molecule has 0 radical (unpaired) electrons. The number of carbonyl (C=O) groups is 2. The van der Waals surface area contributed by atoms with E-state index in [1.54, 1.807) is 6.20 Å². The smallest absolute Gasteiger partial charge is 0.303 e. The average molecular weight is 307 g/mol. The zero-order valence-electron chi connectivity index (χ0n) is 13.2. The molecule has 122 valence electrons. The Hall–Kier alpha value is -2.03. The lowest BCUT2D eigenvalue weighted by Gasteiger charge is -2.29. The second-order valence-corrected chi connectivity index (χ2v) is 5.83. The summed E-state index contributed by atoms with van der Waals surface area (Å²) >= 11 is 0. The molecule has 6 heteroatoms. The van der Waals surface area contributed by atoms with Gasteiger partial charge in [-0.3, -0.25) is 9.59 Å². The Bertz CT molecular complexity index is 446. The molecule has 1 heterocycles. The van der Waals surface area contributed by atoms with Crippen LogP contribution in [0.2, 0.25) is 0 Å². The highest BCUT2D eigenvalue weighted by Crippen LogP contribution is 2.16. The van der Waals surface area contributed by atoms with Gasteiger partial charge in [0.05, 0.1) is 0 Å². The SMILES string of the molecule is CC1CCN(/C=C(/C#N)C(=O)NCCCCCC(=O)O)CC1. The standard InChI is InChI=1S/C16H25N3O3/c1-13-6-9-19(10-7-13)12-14(11-17)16(22)18-8-4-2-3-5-15(20)21/h12-13H,2-10H2,1H3,(H,18,22)(H,20,21)/b14-12-. The zero-order valence-corrected chi connectivity index (χ0v) is 13.2. The molecule has 0 bridgehead atoms. The van der Waals surface area contributed by atoms with Crippen LogP contribution in [0.1, 0.15) is 45.4 Å². The maximum Gasteiger partial charge on any atom is 0.303 e. The zero-order chi connectivity index (χ0) is 16.4. The van der Waals surface area contributed by atoms with E-state index in [-0.39, 0.29) is 17.9 Å². The summed E-state index contributed by atoms with van der Waals surface area (Å²) in [5.41, 5.74) is 0.139. The molecule has 22 heavy (non-hydrogen) atoms. The lowest BCUT2D eigenvalue weighted by atomic mass is 9.99. The van der Waals surface area contributed by atoms with Gasteiger partial charge in [0.15, 0.2) is 0 Å². The molecule has 0 atom stereocenters. The van der Waals surface area contributed by atoms with Gasteiger partial charge in [-0.25, -0.2) is 0 Å². The summed E-state index contributed by atoms with van der Waals surface area (Å²) < 4.78 is 0. The van der Waals surface area contributed by atoms with Crippen LogP contribution in [0.15, 0.2) is 11.8 Å². The number of piperidine rings is 1. The van der Waals surface area contributed by atoms with Gasteiger partial charge in [-0.2, -0.15) is 5.26 Å². The Morgan fingerprint density at radius 2 is 2.00 bits per heavy atom. The third kappa shape index (κ3) is 7.11. The Labute approximate surface area is 131 Å². The lowest BCUT2D eigenvalue weighted by molar-refractivity contribution is -0.137. The van der Waals surface area contributed by atoms with Gasteiger partial charge < -0.3 is 15.3 Å². The number of amides is 1. The molecule has 0 aromatic heterocycles. The average Bonchev–Trinajstić information content (AvgIpc) is 2.49. The second kappa shape index (κ2) is 9.82. The highest BCUT2D eigenvalue weighted by atomic mass is 16.4. The van der Waals surface area contributed by atoms with Crippen LogP contribution in [0.3, 0.4) is 0 Å². The molecule has 1 aliphatic rings. The van der Waals surface area contributed by atoms with E-state index in [0.29, 0.717) is 18.9 Å². The monoisotopic (exact) mass is 307 g/mol. The quantitative estimate of drug-likeness (QED) is 0.406. The van der Waals surface area contributed by atoms with Crippen molar-refractivity contribution in [3.8, 4) is 6.07 Å². The van der Waals surface area contributed by atoms with E-state index < -0.39 is 5.97 Å². The number of carbonyl (C=O) groups excluding carboxylic acids is 1. The maximum atomic E-state index is 11.9. The lowest BCUT2D eigenvalue weighted by Crippen LogP contribution is -2.31. The number of nitriles is 1. The van der Waals surface area contributed by atoms with Gasteiger partial charge in [0.2, 0.25) is 0 Å². The molecule has 1 aliphatic heterocycles. The summed E-state index contributed by atoms with van der Waals surface area (Å²) in [5, 5.41) is 20.3. The first-order chi connectivity index (χ1) is 10.5. The summed E-state index contributed by atoms with van der Waals surface area (Å²) in [6.45, 7) is 4.45. The van der Waals surface area contributed by atoms with Crippen LogP contribution in [0.4, 0.5) is 0 Å². The minimum absolute atomic E-state index is 0.139. The van der Waals surface area contributed by atoms with Crippen LogP contribution in [0.5, 0.6) is 0 Å². The van der Waals surface area contributed by atoms with Crippen LogP contribution in [-0.2, 0) is 9.59 Å². The number of nitrogens with zero attached hydrogens (tertiary/aromatic N) is 2. The van der Waals surface area contributed by atoms with Crippen LogP contribution < -0.4 is 5.32 Å². The van der Waals surface area contributed by atoms with E-state index in [4.69, 9.17) is 10.4 Å². The van der Waals surface area contributed by atoms with Crippen molar-refractivity contribution in [2.45, 2.75) is 45.4 Å². The molecule has 6 nitrogen and oxygen atoms in total. The first kappa shape index (κ1) is 18.0. The van der Waals surface area contributed by atoms with Gasteiger partial charge in [0.1, 0.15) is 11.6 Å². The molecule has 2 N–H and O–H groups in total. The molecule has 0 aliphatic carbocycles. The molecule has 0 spiro atoms. The Morgan fingerprint density at radius 3 is 2.59 bits per heavy atom. The van der Waals surface area contributed by atoms with Gasteiger partial charge in [0, 0.05) is 32.3 Å². The fourth-order valence-electron chi connectivity index (χ4n) is 2.35. The number of nitrogens with one attached hydrogen (secondary N) is 1. The first-order valence-corrected chi connectivity index (χ1v) is 7.89. The predicted molar refractivity (Wildman–Crippen MR) is 82.8 cm³/mol. The van der Waals surface area contributed by atoms with Crippen molar-refractivity contribution in [1.29, 1.82) is 5.26 Å². The number of rotatable bonds is 8. The number of hydrogen-bond donors (Lipinski definition) is 2. The van der Waals surface area contributed by atoms with Crippen LogP contribution >= 0.6 is 0 Å². The minimum atomic E-state index is -0.797. The number of carboxylic acids is 1. The van der Waals surface area contributed by atoms with Gasteiger partial charge >= 0.3 is 5.97 Å². The van der Waals surface area contributed by atoms with Gasteiger partial charge in [-0.05, 0) is 31.6 Å². The van der Waals surface area contributed by atoms with Crippen molar-refractivity contribution >= 4 is 11.9 Å². The number of aliphatic carboxylic acids is 1. The second-order valence-electron chi connectivity index (χ2n) is 5.83. The molecule has 1 saturated heterocycles. The van der Waals surface area contributed by atoms with E-state index in [1.807, 2.05) is 11.0 Å². The summed E-state index contributed by atoms with van der Waals surface area (Å²) in [6, 6.07) is 1.96. The Morgan fingerprint density at radius 1 is 1.32 bits per heavy atom. The largest absolute Gasteiger partial charge is 0.481 e. The molecule has 0 unspecified atom stereocenters. The number of carboxylic acid groups (broad SMARTS) is 1. The fraction of sp³-hybridized carbons (Fsp3) is 0.688. The Balaban J connectivity index is 2.29. The first-order valence-electron chi connectivity index (χ1n) is 7.89. The molecule has 0 saturated carbocycles. The molecule has 0 aromatic carbocycles. The molecule has 1 fully saturated rings. The topological polar surface area (TPSA) is 93.4 Å². The summed E-state index contributed by atoms with van der Waals surface area (Å²) in [4.78, 5) is 24.3. The number of likely N-dealkylation sites (tertiary alicyclic amines) is 1. The predicted octanol–water partition coefficient (Wildman–Crippen LogP) is 1.89. The van der Waals surface area contributed by atoms with Crippen molar-refractivity contribution < 1.29 is 14.7 Å². The van der Waals surface area contributed by atoms with Crippen molar-refractivity contribution in [1.82, 2.24) is 10.2 Å². The molecule has 1 rings (SSSR count). The molecule has 0 aromatic rings. The van der Waals surface area contributed by atoms with Crippen molar-refractivity contribution in [3.63, 3.8) is 0 Å². The van der Waals surface area contributed by atoms with E-state index in [1.165, 1.54) is 0 Å². The van der Waals surface area contributed by atoms with Gasteiger partial charge in [-0.15, -0.1) is 0 Å². The number of unbranched alkanes of at least 4 members (excludes halogenated alkanes) is 2. The number of hydrogen-bond acceptors (Lipinski definition) is 4. The normalized spacial score (nSPS) is 16.2. The minimum Gasteiger partial charge on any atom is -0.481 e. The molecule has 1 amide bonds. The van der Waals surface area contributed by atoms with Crippen LogP contribution in [0, 0.1) is 17.2 Å². The van der Waals surface area contributed by atoms with Gasteiger partial charge in [0.25, 0.3) is 5.91 Å². The Kier molecular flexibility index (Phi) is 8.05. The van der Waals surface area contributed by atoms with Crippen molar-refractivity contribution in [2.75, 3.05) is 19.6 Å². The van der Waals surface area contributed by atoms with E-state index in [0.717, 1.165) is 38.8 Å². The summed E-state index contributed by atoms with van der Waals surface area (Å²) in [5.74, 6) is -0.441. The molecular formula is C16H25N3O3. The van der Waals surface area contributed by atoms with Crippen molar-refractivity contribution in [3.05, 3.63) is 11.8 Å².